The first-order valence-electron chi connectivity index (χ1n) is 7.41. The molecule has 0 aliphatic heterocycles. The summed E-state index contributed by atoms with van der Waals surface area (Å²) in [5, 5.41) is 0.613. The highest BCUT2D eigenvalue weighted by Crippen LogP contribution is 2.17. The van der Waals surface area contributed by atoms with Crippen molar-refractivity contribution in [2.24, 2.45) is 0 Å². The Labute approximate surface area is 135 Å². The van der Waals surface area contributed by atoms with Gasteiger partial charge in [-0.3, -0.25) is 0 Å². The summed E-state index contributed by atoms with van der Waals surface area (Å²) in [6.07, 6.45) is 4.31. The first-order chi connectivity index (χ1) is 10.1. The zero-order valence-corrected chi connectivity index (χ0v) is 14.5. The van der Waals surface area contributed by atoms with Gasteiger partial charge in [0.1, 0.15) is 5.82 Å². The summed E-state index contributed by atoms with van der Waals surface area (Å²) in [4.78, 5) is 15.7. The predicted molar refractivity (Wildman–Crippen MR) is 89.1 cm³/mol. The van der Waals surface area contributed by atoms with Crippen LogP contribution in [0, 0.1) is 6.92 Å². The first kappa shape index (κ1) is 16.5. The molecule has 6 heteroatoms. The van der Waals surface area contributed by atoms with Gasteiger partial charge in [-0.15, -0.1) is 11.3 Å². The van der Waals surface area contributed by atoms with Crippen molar-refractivity contribution in [1.29, 1.82) is 0 Å². The van der Waals surface area contributed by atoms with E-state index in [9.17, 15) is 0 Å². The normalized spacial score (nSPS) is 11.5. The highest BCUT2D eigenvalue weighted by atomic mass is 35.5. The number of hydrogen-bond donors (Lipinski definition) is 1. The van der Waals surface area contributed by atoms with Crippen molar-refractivity contribution in [2.45, 2.75) is 46.1 Å². The molecule has 0 saturated heterocycles. The molecular weight excluding hydrogens is 304 g/mol. The quantitative estimate of drug-likeness (QED) is 0.801. The van der Waals surface area contributed by atoms with E-state index in [2.05, 4.69) is 40.7 Å². The molecule has 116 valence electrons. The maximum Gasteiger partial charge on any atom is 0.151 e. The molecule has 21 heavy (non-hydrogen) atoms. The van der Waals surface area contributed by atoms with Crippen LogP contribution in [0.15, 0.2) is 5.51 Å². The molecule has 0 amide bonds. The summed E-state index contributed by atoms with van der Waals surface area (Å²) < 4.78 is 0. The maximum absolute atomic E-state index is 6.22. The standard InChI is InChI=1S/C15H23ClN4S/c1-4-5-6-14-18-12(15(16)19-14)9-20(3)8-7-13-11(2)17-10-21-13/h10H,4-9H2,1-3H3,(H,18,19). The van der Waals surface area contributed by atoms with Crippen LogP contribution in [0.4, 0.5) is 0 Å². The summed E-state index contributed by atoms with van der Waals surface area (Å²) in [7, 11) is 2.11. The summed E-state index contributed by atoms with van der Waals surface area (Å²) in [5.41, 5.74) is 4.08. The van der Waals surface area contributed by atoms with Crippen LogP contribution in [-0.4, -0.2) is 33.4 Å². The van der Waals surface area contributed by atoms with E-state index in [1.54, 1.807) is 11.3 Å². The molecular formula is C15H23ClN4S. The summed E-state index contributed by atoms with van der Waals surface area (Å²) in [6, 6.07) is 0. The summed E-state index contributed by atoms with van der Waals surface area (Å²) in [5.74, 6) is 1.00. The van der Waals surface area contributed by atoms with Crippen molar-refractivity contribution in [3.05, 3.63) is 32.8 Å². The minimum Gasteiger partial charge on any atom is -0.344 e. The van der Waals surface area contributed by atoms with Crippen molar-refractivity contribution in [1.82, 2.24) is 19.9 Å². The Hall–Kier alpha value is -0.910. The third-order valence-corrected chi connectivity index (χ3v) is 4.85. The van der Waals surface area contributed by atoms with E-state index in [4.69, 9.17) is 11.6 Å². The van der Waals surface area contributed by atoms with Crippen LogP contribution in [0.3, 0.4) is 0 Å². The van der Waals surface area contributed by atoms with Gasteiger partial charge >= 0.3 is 0 Å². The molecule has 4 nitrogen and oxygen atoms in total. The molecule has 2 rings (SSSR count). The topological polar surface area (TPSA) is 44.8 Å². The number of rotatable bonds is 8. The van der Waals surface area contributed by atoms with Gasteiger partial charge in [-0.05, 0) is 26.8 Å². The Morgan fingerprint density at radius 1 is 1.38 bits per heavy atom. The third-order valence-electron chi connectivity index (χ3n) is 3.54. The molecule has 2 aromatic rings. The van der Waals surface area contributed by atoms with Gasteiger partial charge in [0, 0.05) is 24.4 Å². The lowest BCUT2D eigenvalue weighted by Crippen LogP contribution is -2.21. The first-order valence-corrected chi connectivity index (χ1v) is 8.66. The molecule has 0 aromatic carbocycles. The van der Waals surface area contributed by atoms with E-state index in [0.717, 1.165) is 49.6 Å². The smallest absolute Gasteiger partial charge is 0.151 e. The monoisotopic (exact) mass is 326 g/mol. The molecule has 0 spiro atoms. The van der Waals surface area contributed by atoms with Gasteiger partial charge in [-0.2, -0.15) is 0 Å². The number of hydrogen-bond acceptors (Lipinski definition) is 4. The fourth-order valence-electron chi connectivity index (χ4n) is 2.21. The average molecular weight is 327 g/mol. The lowest BCUT2D eigenvalue weighted by atomic mass is 10.2. The van der Waals surface area contributed by atoms with E-state index < -0.39 is 0 Å². The van der Waals surface area contributed by atoms with E-state index in [1.807, 2.05) is 5.51 Å². The highest BCUT2D eigenvalue weighted by Gasteiger charge is 2.11. The Bertz CT molecular complexity index is 564. The fraction of sp³-hybridized carbons (Fsp3) is 0.600. The SMILES string of the molecule is CCCCc1nc(Cl)c(CN(C)CCc2scnc2C)[nH]1. The van der Waals surface area contributed by atoms with Crippen LogP contribution >= 0.6 is 22.9 Å². The number of aromatic amines is 1. The Balaban J connectivity index is 1.86. The van der Waals surface area contributed by atoms with Crippen molar-refractivity contribution in [3.63, 3.8) is 0 Å². The molecule has 1 N–H and O–H groups in total. The number of nitrogens with one attached hydrogen (secondary N) is 1. The van der Waals surface area contributed by atoms with Crippen LogP contribution in [0.1, 0.15) is 41.9 Å². The number of unbranched alkanes of at least 4 members (excludes halogenated alkanes) is 1. The second-order valence-corrected chi connectivity index (χ2v) is 6.70. The molecule has 2 heterocycles. The number of imidazole rings is 1. The van der Waals surface area contributed by atoms with E-state index >= 15 is 0 Å². The molecule has 0 atom stereocenters. The number of likely N-dealkylation sites (N-methyl/N-ethyl adjacent to an activating group) is 1. The minimum atomic E-state index is 0.613. The average Bonchev–Trinajstić information content (AvgIpc) is 3.01. The fourth-order valence-corrected chi connectivity index (χ4v) is 3.19. The van der Waals surface area contributed by atoms with Gasteiger partial charge in [0.2, 0.25) is 0 Å². The Morgan fingerprint density at radius 2 is 2.19 bits per heavy atom. The summed E-state index contributed by atoms with van der Waals surface area (Å²) in [6.45, 7) is 6.04. The lowest BCUT2D eigenvalue weighted by molar-refractivity contribution is 0.328. The van der Waals surface area contributed by atoms with Gasteiger partial charge in [-0.25, -0.2) is 9.97 Å². The highest BCUT2D eigenvalue weighted by molar-refractivity contribution is 7.09. The van der Waals surface area contributed by atoms with E-state index in [1.165, 1.54) is 11.3 Å². The van der Waals surface area contributed by atoms with Gasteiger partial charge < -0.3 is 9.88 Å². The summed E-state index contributed by atoms with van der Waals surface area (Å²) >= 11 is 7.95. The molecule has 0 saturated carbocycles. The van der Waals surface area contributed by atoms with Crippen molar-refractivity contribution in [2.75, 3.05) is 13.6 Å². The number of halogens is 1. The van der Waals surface area contributed by atoms with Gasteiger partial charge in [0.25, 0.3) is 0 Å². The maximum atomic E-state index is 6.22. The van der Waals surface area contributed by atoms with Gasteiger partial charge in [0.05, 0.1) is 16.9 Å². The second-order valence-electron chi connectivity index (χ2n) is 5.41. The molecule has 0 unspecified atom stereocenters. The lowest BCUT2D eigenvalue weighted by Gasteiger charge is -2.15. The number of aryl methyl sites for hydroxylation is 2. The second kappa shape index (κ2) is 7.92. The Morgan fingerprint density at radius 3 is 2.86 bits per heavy atom. The largest absolute Gasteiger partial charge is 0.344 e. The van der Waals surface area contributed by atoms with Crippen molar-refractivity contribution < 1.29 is 0 Å². The van der Waals surface area contributed by atoms with Gasteiger partial charge in [-0.1, -0.05) is 24.9 Å². The van der Waals surface area contributed by atoms with Crippen LogP contribution in [0.5, 0.6) is 0 Å². The van der Waals surface area contributed by atoms with Crippen LogP contribution in [0.25, 0.3) is 0 Å². The Kier molecular flexibility index (Phi) is 6.21. The number of H-pyrrole nitrogens is 1. The van der Waals surface area contributed by atoms with Crippen molar-refractivity contribution >= 4 is 22.9 Å². The molecule has 0 aliphatic rings. The zero-order valence-electron chi connectivity index (χ0n) is 12.9. The number of aromatic nitrogens is 3. The molecule has 0 fully saturated rings. The van der Waals surface area contributed by atoms with E-state index in [0.29, 0.717) is 5.15 Å². The van der Waals surface area contributed by atoms with Crippen LogP contribution in [-0.2, 0) is 19.4 Å². The van der Waals surface area contributed by atoms with Crippen LogP contribution in [0.2, 0.25) is 5.15 Å². The van der Waals surface area contributed by atoms with Crippen LogP contribution < -0.4 is 0 Å². The number of thiazole rings is 1. The third kappa shape index (κ3) is 4.80. The molecule has 2 aromatic heterocycles. The zero-order chi connectivity index (χ0) is 15.2. The molecule has 0 bridgehead atoms. The number of nitrogens with zero attached hydrogens (tertiary/aromatic N) is 3. The molecule has 0 aliphatic carbocycles. The molecule has 0 radical (unpaired) electrons. The van der Waals surface area contributed by atoms with Crippen molar-refractivity contribution in [3.8, 4) is 0 Å². The minimum absolute atomic E-state index is 0.613. The van der Waals surface area contributed by atoms with Gasteiger partial charge in [0.15, 0.2) is 5.15 Å². The predicted octanol–water partition coefficient (Wildman–Crippen LogP) is 3.85. The van der Waals surface area contributed by atoms with E-state index in [-0.39, 0.29) is 0 Å².